The normalized spacial score (nSPS) is 21.9. The molecule has 0 aromatic carbocycles. The Bertz CT molecular complexity index is 186. The molecule has 5 heteroatoms. The number of thioether (sulfide) groups is 1. The van der Waals surface area contributed by atoms with Crippen molar-refractivity contribution in [1.82, 2.24) is 10.6 Å². The Balaban J connectivity index is 0.00000196. The molecule has 0 radical (unpaired) electrons. The Morgan fingerprint density at radius 3 is 2.93 bits per heavy atom. The summed E-state index contributed by atoms with van der Waals surface area (Å²) in [5, 5.41) is 6.31. The van der Waals surface area contributed by atoms with Gasteiger partial charge >= 0.3 is 0 Å². The third-order valence-corrected chi connectivity index (χ3v) is 3.42. The van der Waals surface area contributed by atoms with Crippen molar-refractivity contribution in [2.24, 2.45) is 11.8 Å². The molecule has 3 nitrogen and oxygen atoms in total. The van der Waals surface area contributed by atoms with Gasteiger partial charge in [-0.25, -0.2) is 0 Å². The topological polar surface area (TPSA) is 41.1 Å². The fraction of sp³-hybridized carbons (Fsp3) is 0.900. The minimum atomic E-state index is 0. The van der Waals surface area contributed by atoms with Crippen LogP contribution >= 0.6 is 24.2 Å². The number of rotatable bonds is 5. The van der Waals surface area contributed by atoms with Crippen LogP contribution in [-0.4, -0.2) is 37.6 Å². The molecule has 1 aliphatic rings. The zero-order valence-corrected chi connectivity index (χ0v) is 11.0. The molecule has 1 heterocycles. The van der Waals surface area contributed by atoms with Gasteiger partial charge < -0.3 is 10.6 Å². The van der Waals surface area contributed by atoms with Crippen LogP contribution in [0.1, 0.15) is 13.3 Å². The van der Waals surface area contributed by atoms with E-state index in [1.165, 1.54) is 6.42 Å². The maximum Gasteiger partial charge on any atom is 0.223 e. The minimum Gasteiger partial charge on any atom is -0.356 e. The molecule has 0 aliphatic carbocycles. The second-order valence-corrected chi connectivity index (χ2v) is 4.87. The molecule has 0 aromatic rings. The maximum atomic E-state index is 11.5. The molecule has 90 valence electrons. The molecule has 2 atom stereocenters. The molecule has 2 N–H and O–H groups in total. The highest BCUT2D eigenvalue weighted by atomic mass is 35.5. The Hall–Kier alpha value is 0.0700. The summed E-state index contributed by atoms with van der Waals surface area (Å²) in [6.45, 7) is 4.97. The quantitative estimate of drug-likeness (QED) is 0.771. The number of nitrogens with one attached hydrogen (secondary N) is 2. The lowest BCUT2D eigenvalue weighted by Crippen LogP contribution is -2.34. The maximum absolute atomic E-state index is 11.5. The first-order valence-corrected chi connectivity index (χ1v) is 6.60. The van der Waals surface area contributed by atoms with Gasteiger partial charge in [-0.2, -0.15) is 11.8 Å². The van der Waals surface area contributed by atoms with Crippen LogP contribution < -0.4 is 10.6 Å². The molecule has 1 amide bonds. The van der Waals surface area contributed by atoms with Crippen LogP contribution in [0.5, 0.6) is 0 Å². The Morgan fingerprint density at radius 1 is 1.67 bits per heavy atom. The summed E-state index contributed by atoms with van der Waals surface area (Å²) in [5.74, 6) is 1.89. The van der Waals surface area contributed by atoms with Crippen LogP contribution in [-0.2, 0) is 4.79 Å². The van der Waals surface area contributed by atoms with Gasteiger partial charge in [0.1, 0.15) is 0 Å². The largest absolute Gasteiger partial charge is 0.356 e. The van der Waals surface area contributed by atoms with Crippen molar-refractivity contribution < 1.29 is 4.79 Å². The van der Waals surface area contributed by atoms with E-state index in [1.807, 2.05) is 13.2 Å². The summed E-state index contributed by atoms with van der Waals surface area (Å²) in [4.78, 5) is 11.5. The standard InChI is InChI=1S/C10H20N2OS.ClH/c1-8(7-14-2)10(13)12-6-9-3-4-11-5-9;/h8-9,11H,3-7H2,1-2H3,(H,12,13);1H. The first kappa shape index (κ1) is 15.1. The van der Waals surface area contributed by atoms with Crippen LogP contribution in [0.15, 0.2) is 0 Å². The number of carbonyl (C=O) groups excluding carboxylic acids is 1. The van der Waals surface area contributed by atoms with Crippen molar-refractivity contribution in [1.29, 1.82) is 0 Å². The van der Waals surface area contributed by atoms with Gasteiger partial charge in [0, 0.05) is 18.2 Å². The summed E-state index contributed by atoms with van der Waals surface area (Å²) < 4.78 is 0. The molecule has 0 spiro atoms. The van der Waals surface area contributed by atoms with Gasteiger partial charge in [0.2, 0.25) is 5.91 Å². The lowest BCUT2D eigenvalue weighted by molar-refractivity contribution is -0.123. The Kier molecular flexibility index (Phi) is 8.29. The van der Waals surface area contributed by atoms with Gasteiger partial charge in [-0.3, -0.25) is 4.79 Å². The van der Waals surface area contributed by atoms with Gasteiger partial charge in [-0.1, -0.05) is 6.92 Å². The molecule has 0 saturated carbocycles. The van der Waals surface area contributed by atoms with E-state index in [1.54, 1.807) is 11.8 Å². The number of amides is 1. The number of hydrogen-bond acceptors (Lipinski definition) is 3. The molecular formula is C10H21ClN2OS. The molecular weight excluding hydrogens is 232 g/mol. The predicted molar refractivity (Wildman–Crippen MR) is 68.8 cm³/mol. The first-order valence-electron chi connectivity index (χ1n) is 5.21. The number of hydrogen-bond donors (Lipinski definition) is 2. The molecule has 1 aliphatic heterocycles. The summed E-state index contributed by atoms with van der Waals surface area (Å²) in [6.07, 6.45) is 3.22. The summed E-state index contributed by atoms with van der Waals surface area (Å²) in [7, 11) is 0. The van der Waals surface area contributed by atoms with Gasteiger partial charge in [-0.15, -0.1) is 12.4 Å². The van der Waals surface area contributed by atoms with E-state index >= 15 is 0 Å². The lowest BCUT2D eigenvalue weighted by Gasteiger charge is -2.13. The van der Waals surface area contributed by atoms with Crippen molar-refractivity contribution in [3.05, 3.63) is 0 Å². The van der Waals surface area contributed by atoms with E-state index < -0.39 is 0 Å². The van der Waals surface area contributed by atoms with E-state index in [9.17, 15) is 4.79 Å². The van der Waals surface area contributed by atoms with Crippen LogP contribution in [0.3, 0.4) is 0 Å². The average Bonchev–Trinajstić information content (AvgIpc) is 2.67. The third kappa shape index (κ3) is 5.64. The van der Waals surface area contributed by atoms with Crippen LogP contribution in [0.25, 0.3) is 0 Å². The monoisotopic (exact) mass is 252 g/mol. The van der Waals surface area contributed by atoms with E-state index in [0.717, 1.165) is 25.4 Å². The van der Waals surface area contributed by atoms with E-state index in [4.69, 9.17) is 0 Å². The predicted octanol–water partition coefficient (Wildman–Crippen LogP) is 1.13. The second kappa shape index (κ2) is 8.25. The summed E-state index contributed by atoms with van der Waals surface area (Å²) >= 11 is 1.72. The summed E-state index contributed by atoms with van der Waals surface area (Å²) in [6, 6.07) is 0. The van der Waals surface area contributed by atoms with Crippen LogP contribution in [0.2, 0.25) is 0 Å². The van der Waals surface area contributed by atoms with E-state index in [0.29, 0.717) is 5.92 Å². The molecule has 2 unspecified atom stereocenters. The van der Waals surface area contributed by atoms with E-state index in [-0.39, 0.29) is 24.2 Å². The smallest absolute Gasteiger partial charge is 0.223 e. The van der Waals surface area contributed by atoms with Crippen molar-refractivity contribution in [3.63, 3.8) is 0 Å². The SMILES string of the molecule is CSCC(C)C(=O)NCC1CCNC1.Cl. The molecule has 1 rings (SSSR count). The van der Waals surface area contributed by atoms with Crippen molar-refractivity contribution >= 4 is 30.1 Å². The van der Waals surface area contributed by atoms with Gasteiger partial charge in [0.25, 0.3) is 0 Å². The summed E-state index contributed by atoms with van der Waals surface area (Å²) in [5.41, 5.74) is 0. The van der Waals surface area contributed by atoms with Crippen molar-refractivity contribution in [2.75, 3.05) is 31.6 Å². The van der Waals surface area contributed by atoms with Crippen LogP contribution in [0, 0.1) is 11.8 Å². The number of halogens is 1. The highest BCUT2D eigenvalue weighted by molar-refractivity contribution is 7.98. The molecule has 1 saturated heterocycles. The lowest BCUT2D eigenvalue weighted by atomic mass is 10.1. The highest BCUT2D eigenvalue weighted by Gasteiger charge is 2.17. The average molecular weight is 253 g/mol. The van der Waals surface area contributed by atoms with Gasteiger partial charge in [-0.05, 0) is 31.7 Å². The first-order chi connectivity index (χ1) is 6.74. The zero-order valence-electron chi connectivity index (χ0n) is 9.41. The fourth-order valence-corrected chi connectivity index (χ4v) is 2.28. The van der Waals surface area contributed by atoms with E-state index in [2.05, 4.69) is 10.6 Å². The van der Waals surface area contributed by atoms with Crippen molar-refractivity contribution in [2.45, 2.75) is 13.3 Å². The molecule has 0 aromatic heterocycles. The highest BCUT2D eigenvalue weighted by Crippen LogP contribution is 2.07. The van der Waals surface area contributed by atoms with Gasteiger partial charge in [0.15, 0.2) is 0 Å². The van der Waals surface area contributed by atoms with Crippen LogP contribution in [0.4, 0.5) is 0 Å². The fourth-order valence-electron chi connectivity index (χ4n) is 1.63. The van der Waals surface area contributed by atoms with Crippen molar-refractivity contribution in [3.8, 4) is 0 Å². The Labute approximate surface area is 103 Å². The second-order valence-electron chi connectivity index (χ2n) is 3.96. The molecule has 0 bridgehead atoms. The minimum absolute atomic E-state index is 0. The molecule has 15 heavy (non-hydrogen) atoms. The molecule has 1 fully saturated rings. The zero-order chi connectivity index (χ0) is 10.4. The number of carbonyl (C=O) groups is 1. The van der Waals surface area contributed by atoms with Gasteiger partial charge in [0.05, 0.1) is 0 Å². The third-order valence-electron chi connectivity index (χ3n) is 2.59. The Morgan fingerprint density at radius 2 is 2.40 bits per heavy atom.